The van der Waals surface area contributed by atoms with Crippen LogP contribution >= 0.6 is 0 Å². The molecule has 0 bridgehead atoms. The minimum atomic E-state index is -0.550. The maximum atomic E-state index is 10.4. The van der Waals surface area contributed by atoms with Crippen LogP contribution in [0.3, 0.4) is 0 Å². The summed E-state index contributed by atoms with van der Waals surface area (Å²) < 4.78 is 5.10. The van der Waals surface area contributed by atoms with Crippen LogP contribution in [0.2, 0.25) is 0 Å². The van der Waals surface area contributed by atoms with Crippen molar-refractivity contribution in [1.29, 1.82) is 0 Å². The molecule has 3 heteroatoms. The Morgan fingerprint density at radius 3 is 2.37 bits per heavy atom. The smallest absolute Gasteiger partial charge is 0.118 e. The van der Waals surface area contributed by atoms with Crippen LogP contribution in [0, 0.1) is 0 Å². The molecule has 1 aliphatic rings. The summed E-state index contributed by atoms with van der Waals surface area (Å²) in [5.74, 6) is 0.793. The van der Waals surface area contributed by atoms with Gasteiger partial charge in [0.05, 0.1) is 18.8 Å². The van der Waals surface area contributed by atoms with Crippen molar-refractivity contribution < 1.29 is 14.9 Å². The monoisotopic (exact) mass is 264 g/mol. The second-order valence-corrected chi connectivity index (χ2v) is 5.61. The quantitative estimate of drug-likeness (QED) is 0.858. The summed E-state index contributed by atoms with van der Waals surface area (Å²) in [6.45, 7) is 0. The molecule has 1 atom stereocenters. The number of ether oxygens (including phenoxy) is 1. The molecule has 1 unspecified atom stereocenters. The molecular weight excluding hydrogens is 240 g/mol. The van der Waals surface area contributed by atoms with Crippen molar-refractivity contribution in [2.75, 3.05) is 7.11 Å². The van der Waals surface area contributed by atoms with Crippen LogP contribution in [0.25, 0.3) is 0 Å². The largest absolute Gasteiger partial charge is 0.497 e. The molecule has 2 N–H and O–H groups in total. The number of rotatable bonds is 5. The SMILES string of the molecule is COc1ccc(C(O)CCC2(O)CCCCC2)cc1. The molecule has 2 rings (SSSR count). The topological polar surface area (TPSA) is 49.7 Å². The highest BCUT2D eigenvalue weighted by atomic mass is 16.5. The van der Waals surface area contributed by atoms with Crippen molar-refractivity contribution in [2.24, 2.45) is 0 Å². The van der Waals surface area contributed by atoms with E-state index in [-0.39, 0.29) is 0 Å². The second-order valence-electron chi connectivity index (χ2n) is 5.61. The summed E-state index contributed by atoms with van der Waals surface area (Å²) >= 11 is 0. The van der Waals surface area contributed by atoms with E-state index in [0.717, 1.165) is 37.0 Å². The fourth-order valence-electron chi connectivity index (χ4n) is 2.86. The zero-order valence-electron chi connectivity index (χ0n) is 11.6. The fraction of sp³-hybridized carbons (Fsp3) is 0.625. The van der Waals surface area contributed by atoms with Crippen molar-refractivity contribution in [3.05, 3.63) is 29.8 Å². The Bertz CT molecular complexity index is 379. The Morgan fingerprint density at radius 1 is 1.16 bits per heavy atom. The third-order valence-electron chi connectivity index (χ3n) is 4.17. The summed E-state index contributed by atoms with van der Waals surface area (Å²) in [4.78, 5) is 0. The van der Waals surface area contributed by atoms with Crippen LogP contribution in [0.15, 0.2) is 24.3 Å². The summed E-state index contributed by atoms with van der Waals surface area (Å²) in [6.07, 6.45) is 5.98. The summed E-state index contributed by atoms with van der Waals surface area (Å²) in [7, 11) is 1.63. The Hall–Kier alpha value is -1.06. The molecule has 106 valence electrons. The predicted octanol–water partition coefficient (Wildman–Crippen LogP) is 3.20. The van der Waals surface area contributed by atoms with E-state index in [1.54, 1.807) is 7.11 Å². The maximum absolute atomic E-state index is 10.4. The maximum Gasteiger partial charge on any atom is 0.118 e. The highest BCUT2D eigenvalue weighted by Crippen LogP contribution is 2.34. The van der Waals surface area contributed by atoms with Crippen LogP contribution in [-0.2, 0) is 0 Å². The van der Waals surface area contributed by atoms with E-state index in [1.807, 2.05) is 24.3 Å². The van der Waals surface area contributed by atoms with Gasteiger partial charge in [-0.1, -0.05) is 31.4 Å². The zero-order valence-corrected chi connectivity index (χ0v) is 11.6. The van der Waals surface area contributed by atoms with Gasteiger partial charge in [-0.2, -0.15) is 0 Å². The van der Waals surface area contributed by atoms with Gasteiger partial charge in [0.25, 0.3) is 0 Å². The highest BCUT2D eigenvalue weighted by molar-refractivity contribution is 5.28. The first-order valence-electron chi connectivity index (χ1n) is 7.17. The third kappa shape index (κ3) is 3.95. The van der Waals surface area contributed by atoms with Gasteiger partial charge in [0.2, 0.25) is 0 Å². The second kappa shape index (κ2) is 6.40. The lowest BCUT2D eigenvalue weighted by Crippen LogP contribution is -2.31. The molecule has 0 spiro atoms. The predicted molar refractivity (Wildman–Crippen MR) is 75.2 cm³/mol. The van der Waals surface area contributed by atoms with Gasteiger partial charge in [0, 0.05) is 0 Å². The summed E-state index contributed by atoms with van der Waals surface area (Å²) in [5.41, 5.74) is 0.339. The first kappa shape index (κ1) is 14.4. The van der Waals surface area contributed by atoms with Gasteiger partial charge in [0.15, 0.2) is 0 Å². The summed E-state index contributed by atoms with van der Waals surface area (Å²) in [6, 6.07) is 7.48. The fourth-order valence-corrected chi connectivity index (χ4v) is 2.86. The molecule has 19 heavy (non-hydrogen) atoms. The van der Waals surface area contributed by atoms with E-state index in [4.69, 9.17) is 4.74 Å². The summed E-state index contributed by atoms with van der Waals surface area (Å²) in [5, 5.41) is 20.6. The molecule has 0 radical (unpaired) electrons. The van der Waals surface area contributed by atoms with E-state index in [2.05, 4.69) is 0 Å². The van der Waals surface area contributed by atoms with Crippen molar-refractivity contribution >= 4 is 0 Å². The molecule has 1 aliphatic carbocycles. The van der Waals surface area contributed by atoms with E-state index in [1.165, 1.54) is 6.42 Å². The van der Waals surface area contributed by atoms with Gasteiger partial charge in [-0.25, -0.2) is 0 Å². The number of methoxy groups -OCH3 is 1. The highest BCUT2D eigenvalue weighted by Gasteiger charge is 2.29. The lowest BCUT2D eigenvalue weighted by molar-refractivity contribution is -0.0158. The number of aliphatic hydroxyl groups excluding tert-OH is 1. The van der Waals surface area contributed by atoms with Crippen LogP contribution in [0.1, 0.15) is 56.6 Å². The van der Waals surface area contributed by atoms with E-state index < -0.39 is 11.7 Å². The van der Waals surface area contributed by atoms with Gasteiger partial charge in [-0.05, 0) is 43.4 Å². The van der Waals surface area contributed by atoms with Gasteiger partial charge >= 0.3 is 0 Å². The average Bonchev–Trinajstić information content (AvgIpc) is 2.46. The Balaban J connectivity index is 1.87. The average molecular weight is 264 g/mol. The standard InChI is InChI=1S/C16H24O3/c1-19-14-7-5-13(6-8-14)15(17)9-12-16(18)10-3-2-4-11-16/h5-8,15,17-18H,2-4,9-12H2,1H3. The van der Waals surface area contributed by atoms with Crippen LogP contribution in [0.4, 0.5) is 0 Å². The first-order chi connectivity index (χ1) is 9.13. The number of hydrogen-bond acceptors (Lipinski definition) is 3. The Morgan fingerprint density at radius 2 is 1.79 bits per heavy atom. The van der Waals surface area contributed by atoms with Crippen LogP contribution < -0.4 is 4.74 Å². The number of aliphatic hydroxyl groups is 2. The van der Waals surface area contributed by atoms with Gasteiger partial charge in [0.1, 0.15) is 5.75 Å². The van der Waals surface area contributed by atoms with E-state index in [0.29, 0.717) is 12.8 Å². The van der Waals surface area contributed by atoms with Crippen molar-refractivity contribution in [1.82, 2.24) is 0 Å². The molecule has 1 aromatic rings. The first-order valence-corrected chi connectivity index (χ1v) is 7.17. The van der Waals surface area contributed by atoms with Crippen molar-refractivity contribution in [2.45, 2.75) is 56.7 Å². The molecule has 0 aliphatic heterocycles. The lowest BCUT2D eigenvalue weighted by Gasteiger charge is -2.32. The van der Waals surface area contributed by atoms with E-state index in [9.17, 15) is 10.2 Å². The Labute approximate surface area is 115 Å². The number of hydrogen-bond donors (Lipinski definition) is 2. The molecule has 3 nitrogen and oxygen atoms in total. The zero-order chi connectivity index (χ0) is 13.7. The van der Waals surface area contributed by atoms with Gasteiger partial charge in [-0.3, -0.25) is 0 Å². The van der Waals surface area contributed by atoms with Crippen molar-refractivity contribution in [3.63, 3.8) is 0 Å². The minimum absolute atomic E-state index is 0.503. The molecule has 1 saturated carbocycles. The minimum Gasteiger partial charge on any atom is -0.497 e. The molecule has 0 saturated heterocycles. The normalized spacial score (nSPS) is 19.9. The molecule has 0 aromatic heterocycles. The van der Waals surface area contributed by atoms with Crippen LogP contribution in [0.5, 0.6) is 5.75 Å². The molecular formula is C16H24O3. The van der Waals surface area contributed by atoms with Crippen molar-refractivity contribution in [3.8, 4) is 5.75 Å². The molecule has 1 fully saturated rings. The third-order valence-corrected chi connectivity index (χ3v) is 4.17. The number of benzene rings is 1. The van der Waals surface area contributed by atoms with E-state index >= 15 is 0 Å². The lowest BCUT2D eigenvalue weighted by atomic mass is 9.81. The molecule has 0 amide bonds. The van der Waals surface area contributed by atoms with Crippen LogP contribution in [-0.4, -0.2) is 22.9 Å². The Kier molecular flexibility index (Phi) is 4.83. The van der Waals surface area contributed by atoms with Gasteiger partial charge in [-0.15, -0.1) is 0 Å². The molecule has 0 heterocycles. The molecule has 1 aromatic carbocycles. The van der Waals surface area contributed by atoms with Gasteiger partial charge < -0.3 is 14.9 Å².